The lowest BCUT2D eigenvalue weighted by Crippen LogP contribution is -2.39. The van der Waals surface area contributed by atoms with E-state index >= 15 is 0 Å². The summed E-state index contributed by atoms with van der Waals surface area (Å²) in [6, 6.07) is 9.64. The summed E-state index contributed by atoms with van der Waals surface area (Å²) in [6.07, 6.45) is -1.42. The highest BCUT2D eigenvalue weighted by Gasteiger charge is 2.29. The van der Waals surface area contributed by atoms with Crippen molar-refractivity contribution < 1.29 is 35.9 Å². The highest BCUT2D eigenvalue weighted by molar-refractivity contribution is 5.92. The average Bonchev–Trinajstić information content (AvgIpc) is 3.95. The quantitative estimate of drug-likeness (QED) is 0.0729. The SMILES string of the molecule is Cc1nc(N[C@H](C)c2cccc(C(F)F)c2F)c2cc(N3CC[C@@H](NC(=O)CCC(=O)N[C@H]4CCN(c5cc6c(N[C@H](C)c7cccc(C(F)F)c7F)nc(C)nc6cn5)C4)C3)ncc2n1. The molecule has 2 fully saturated rings. The molecule has 2 amide bonds. The largest absolute Gasteiger partial charge is 0.363 e. The number of carbonyl (C=O) groups excluding carboxylic acids is 2. The predicted molar refractivity (Wildman–Crippen MR) is 238 cm³/mol. The summed E-state index contributed by atoms with van der Waals surface area (Å²) in [6.45, 7) is 8.85. The molecule has 14 nitrogen and oxygen atoms in total. The average molecular weight is 915 g/mol. The van der Waals surface area contributed by atoms with Gasteiger partial charge in [0.05, 0.1) is 46.6 Å². The van der Waals surface area contributed by atoms with E-state index in [0.717, 1.165) is 12.1 Å². The van der Waals surface area contributed by atoms with Crippen LogP contribution in [0.25, 0.3) is 21.8 Å². The van der Waals surface area contributed by atoms with E-state index in [1.165, 1.54) is 24.3 Å². The number of anilines is 4. The van der Waals surface area contributed by atoms with Gasteiger partial charge >= 0.3 is 0 Å². The van der Waals surface area contributed by atoms with Crippen molar-refractivity contribution in [2.75, 3.05) is 46.6 Å². The van der Waals surface area contributed by atoms with Crippen LogP contribution < -0.4 is 31.1 Å². The maximum Gasteiger partial charge on any atom is 0.266 e. The first-order chi connectivity index (χ1) is 31.6. The molecule has 4 N–H and O–H groups in total. The Morgan fingerprint density at radius 2 is 1.03 bits per heavy atom. The predicted octanol–water partition coefficient (Wildman–Crippen LogP) is 8.35. The second kappa shape index (κ2) is 19.3. The number of nitrogens with one attached hydrogen (secondary N) is 4. The molecule has 2 aromatic carbocycles. The fourth-order valence-corrected chi connectivity index (χ4v) is 8.55. The third-order valence-electron chi connectivity index (χ3n) is 11.9. The lowest BCUT2D eigenvalue weighted by molar-refractivity contribution is -0.127. The summed E-state index contributed by atoms with van der Waals surface area (Å²) in [5.41, 5.74) is -0.106. The third-order valence-corrected chi connectivity index (χ3v) is 11.9. The molecular formula is C46H48F6N12O2. The summed E-state index contributed by atoms with van der Waals surface area (Å²) < 4.78 is 83.6. The van der Waals surface area contributed by atoms with Crippen LogP contribution in [0.4, 0.5) is 49.6 Å². The van der Waals surface area contributed by atoms with Gasteiger partial charge in [0.2, 0.25) is 11.8 Å². The van der Waals surface area contributed by atoms with Gasteiger partial charge in [0.15, 0.2) is 0 Å². The van der Waals surface area contributed by atoms with Gasteiger partial charge in [-0.2, -0.15) is 0 Å². The van der Waals surface area contributed by atoms with Crippen LogP contribution in [0.5, 0.6) is 0 Å². The number of halogens is 6. The van der Waals surface area contributed by atoms with E-state index in [2.05, 4.69) is 51.2 Å². The van der Waals surface area contributed by atoms with E-state index in [1.807, 2.05) is 21.9 Å². The summed E-state index contributed by atoms with van der Waals surface area (Å²) >= 11 is 0. The number of aryl methyl sites for hydroxylation is 2. The number of aromatic nitrogens is 6. The van der Waals surface area contributed by atoms with Crippen molar-refractivity contribution in [3.8, 4) is 0 Å². The van der Waals surface area contributed by atoms with Gasteiger partial charge in [-0.3, -0.25) is 9.59 Å². The minimum atomic E-state index is -2.95. The van der Waals surface area contributed by atoms with Gasteiger partial charge < -0.3 is 31.1 Å². The number of amides is 2. The minimum absolute atomic E-state index is 0.00606. The minimum Gasteiger partial charge on any atom is -0.363 e. The summed E-state index contributed by atoms with van der Waals surface area (Å²) in [7, 11) is 0. The molecule has 0 bridgehead atoms. The molecule has 6 heterocycles. The Labute approximate surface area is 376 Å². The fourth-order valence-electron chi connectivity index (χ4n) is 8.55. The number of hydrogen-bond acceptors (Lipinski definition) is 12. The molecule has 2 aliphatic heterocycles. The van der Waals surface area contributed by atoms with Crippen molar-refractivity contribution >= 4 is 56.9 Å². The van der Waals surface area contributed by atoms with Crippen LogP contribution in [-0.4, -0.2) is 80.0 Å². The van der Waals surface area contributed by atoms with E-state index in [9.17, 15) is 35.9 Å². The van der Waals surface area contributed by atoms with Crippen LogP contribution in [0, 0.1) is 25.5 Å². The molecule has 0 radical (unpaired) electrons. The zero-order chi connectivity index (χ0) is 46.8. The lowest BCUT2D eigenvalue weighted by atomic mass is 10.0. The highest BCUT2D eigenvalue weighted by Crippen LogP contribution is 2.34. The first-order valence-electron chi connectivity index (χ1n) is 21.6. The second-order valence-electron chi connectivity index (χ2n) is 16.7. The van der Waals surface area contributed by atoms with Crippen molar-refractivity contribution in [1.82, 2.24) is 40.5 Å². The van der Waals surface area contributed by atoms with Crippen LogP contribution in [0.2, 0.25) is 0 Å². The van der Waals surface area contributed by atoms with Crippen LogP contribution >= 0.6 is 0 Å². The molecule has 2 aliphatic rings. The van der Waals surface area contributed by atoms with Gasteiger partial charge in [-0.25, -0.2) is 56.2 Å². The molecule has 0 aliphatic carbocycles. The number of fused-ring (bicyclic) bond motifs is 2. The van der Waals surface area contributed by atoms with Crippen LogP contribution in [0.15, 0.2) is 60.9 Å². The van der Waals surface area contributed by atoms with Gasteiger partial charge in [-0.15, -0.1) is 0 Å². The Morgan fingerprint density at radius 3 is 1.42 bits per heavy atom. The highest BCUT2D eigenvalue weighted by atomic mass is 19.3. The molecule has 2 saturated heterocycles. The van der Waals surface area contributed by atoms with E-state index in [-0.39, 0.29) is 47.9 Å². The fraction of sp³-hybridized carbons (Fsp3) is 0.391. The number of carbonyl (C=O) groups is 2. The molecule has 346 valence electrons. The zero-order valence-electron chi connectivity index (χ0n) is 36.6. The van der Waals surface area contributed by atoms with Crippen molar-refractivity contribution in [1.29, 1.82) is 0 Å². The summed E-state index contributed by atoms with van der Waals surface area (Å²) in [4.78, 5) is 57.3. The molecule has 6 aromatic rings. The van der Waals surface area contributed by atoms with E-state index in [1.54, 1.807) is 40.1 Å². The van der Waals surface area contributed by atoms with Crippen LogP contribution in [0.3, 0.4) is 0 Å². The zero-order valence-corrected chi connectivity index (χ0v) is 36.6. The lowest BCUT2D eigenvalue weighted by Gasteiger charge is -2.21. The molecule has 4 atom stereocenters. The van der Waals surface area contributed by atoms with Crippen molar-refractivity contribution in [2.24, 2.45) is 0 Å². The molecule has 8 rings (SSSR count). The van der Waals surface area contributed by atoms with Gasteiger partial charge in [0, 0.05) is 73.0 Å². The van der Waals surface area contributed by atoms with Crippen molar-refractivity contribution in [2.45, 2.75) is 90.4 Å². The molecule has 20 heteroatoms. The molecular weight excluding hydrogens is 867 g/mol. The standard InChI is InChI=1S/C46H48F6N12O2/c1-23(29-7-5-9-31(41(29)47)43(49)50)55-45-33-17-37(53-19-35(33)57-25(3)59-45)63-15-13-27(21-63)61-39(65)11-12-40(66)62-28-14-16-64(22-28)38-18-34-36(20-54-38)58-26(4)60-46(34)56-24(2)30-8-6-10-32(42(30)48)44(51)52/h5-10,17-20,23-24,27-28,43-44H,11-16,21-22H2,1-4H3,(H,61,65)(H,62,66)(H,55,57,59)(H,56,58,60)/t23-,24-,27-,28+/m1/s1. The van der Waals surface area contributed by atoms with Gasteiger partial charge in [0.1, 0.15) is 46.6 Å². The first-order valence-corrected chi connectivity index (χ1v) is 21.6. The molecule has 0 unspecified atom stereocenters. The molecule has 0 spiro atoms. The maximum atomic E-state index is 15.0. The second-order valence-corrected chi connectivity index (χ2v) is 16.7. The molecule has 4 aromatic heterocycles. The van der Waals surface area contributed by atoms with Crippen molar-refractivity contribution in [3.63, 3.8) is 0 Å². The Bertz CT molecular complexity index is 2600. The van der Waals surface area contributed by atoms with E-state index in [4.69, 9.17) is 0 Å². The Kier molecular flexibility index (Phi) is 13.4. The number of nitrogens with zero attached hydrogens (tertiary/aromatic N) is 8. The van der Waals surface area contributed by atoms with Gasteiger partial charge in [-0.1, -0.05) is 36.4 Å². The topological polar surface area (TPSA) is 166 Å². The van der Waals surface area contributed by atoms with E-state index in [0.29, 0.717) is 95.7 Å². The smallest absolute Gasteiger partial charge is 0.266 e. The number of pyridine rings is 2. The maximum absolute atomic E-state index is 15.0. The number of hydrogen-bond donors (Lipinski definition) is 4. The number of rotatable bonds is 15. The van der Waals surface area contributed by atoms with Crippen molar-refractivity contribution in [3.05, 3.63) is 106 Å². The number of alkyl halides is 4. The summed E-state index contributed by atoms with van der Waals surface area (Å²) in [5.74, 6) is 0.432. The molecule has 66 heavy (non-hydrogen) atoms. The monoisotopic (exact) mass is 914 g/mol. The summed E-state index contributed by atoms with van der Waals surface area (Å²) in [5, 5.41) is 13.6. The van der Waals surface area contributed by atoms with Gasteiger partial charge in [-0.05, 0) is 52.7 Å². The number of benzene rings is 2. The van der Waals surface area contributed by atoms with Gasteiger partial charge in [0.25, 0.3) is 12.9 Å². The van der Waals surface area contributed by atoms with E-state index < -0.39 is 47.7 Å². The Balaban J connectivity index is 0.832. The normalized spacial score (nSPS) is 17.2. The Morgan fingerprint density at radius 1 is 0.636 bits per heavy atom. The molecule has 0 saturated carbocycles. The van der Waals surface area contributed by atoms with Crippen LogP contribution in [-0.2, 0) is 9.59 Å². The first kappa shape index (κ1) is 45.7. The van der Waals surface area contributed by atoms with Crippen LogP contribution in [0.1, 0.15) is 98.4 Å². The third kappa shape index (κ3) is 10.0. The Hall–Kier alpha value is -6.86.